The Balaban J connectivity index is 1.60. The van der Waals surface area contributed by atoms with Gasteiger partial charge >= 0.3 is 0 Å². The number of para-hydroxylation sites is 1. The molecule has 3 aliphatic rings. The maximum atomic E-state index is 15.0. The van der Waals surface area contributed by atoms with Crippen LogP contribution in [0, 0.1) is 25.7 Å². The van der Waals surface area contributed by atoms with Crippen LogP contribution in [0.25, 0.3) is 0 Å². The topological polar surface area (TPSA) is 90.4 Å². The quantitative estimate of drug-likeness (QED) is 0.201. The Kier molecular flexibility index (Phi) is 10.2. The lowest BCUT2D eigenvalue weighted by Gasteiger charge is -2.37. The first-order valence-electron chi connectivity index (χ1n) is 16.8. The van der Waals surface area contributed by atoms with Crippen LogP contribution in [0.2, 0.25) is 0 Å². The second-order valence-electron chi connectivity index (χ2n) is 13.1. The second-order valence-corrected chi connectivity index (χ2v) is 13.1. The maximum Gasteiger partial charge on any atom is 0.253 e. The minimum absolute atomic E-state index is 0.126. The van der Waals surface area contributed by atoms with E-state index in [2.05, 4.69) is 13.2 Å². The number of hydrogen-bond donors (Lipinski definition) is 1. The molecular weight excluding hydrogens is 578 g/mol. The van der Waals surface area contributed by atoms with E-state index in [9.17, 15) is 14.7 Å². The third kappa shape index (κ3) is 5.71. The van der Waals surface area contributed by atoms with Crippen molar-refractivity contribution in [2.75, 3.05) is 36.0 Å². The molecule has 3 aliphatic heterocycles. The first-order valence-corrected chi connectivity index (χ1v) is 16.8. The highest BCUT2D eigenvalue weighted by Gasteiger charge is 2.79. The summed E-state index contributed by atoms with van der Waals surface area (Å²) in [5.41, 5.74) is 1.53. The van der Waals surface area contributed by atoms with Crippen LogP contribution >= 0.6 is 0 Å². The normalized spacial score (nSPS) is 26.2. The minimum Gasteiger partial charge on any atom is -0.396 e. The Morgan fingerprint density at radius 2 is 1.67 bits per heavy atom. The number of anilines is 2. The molecule has 3 amide bonds. The summed E-state index contributed by atoms with van der Waals surface area (Å²) < 4.78 is 7.07. The largest absolute Gasteiger partial charge is 0.396 e. The van der Waals surface area contributed by atoms with Crippen LogP contribution in [-0.2, 0) is 19.1 Å². The zero-order valence-corrected chi connectivity index (χ0v) is 27.6. The molecule has 0 saturated carbocycles. The molecule has 3 saturated heterocycles. The molecule has 3 heterocycles. The maximum absolute atomic E-state index is 15.0. The monoisotopic (exact) mass is 627 g/mol. The average molecular weight is 628 g/mol. The lowest BCUT2D eigenvalue weighted by atomic mass is 9.64. The van der Waals surface area contributed by atoms with Crippen molar-refractivity contribution in [3.05, 3.63) is 85.0 Å². The van der Waals surface area contributed by atoms with Gasteiger partial charge in [0.05, 0.1) is 17.4 Å². The molecule has 246 valence electrons. The van der Waals surface area contributed by atoms with Gasteiger partial charge in [-0.2, -0.15) is 0 Å². The van der Waals surface area contributed by atoms with Crippen LogP contribution in [0.1, 0.15) is 63.0 Å². The molecule has 2 aromatic carbocycles. The summed E-state index contributed by atoms with van der Waals surface area (Å²) in [7, 11) is 0. The van der Waals surface area contributed by atoms with E-state index in [1.54, 1.807) is 26.9 Å². The third-order valence-corrected chi connectivity index (χ3v) is 10.4. The Bertz CT molecular complexity index is 1460. The van der Waals surface area contributed by atoms with Crippen LogP contribution in [0.3, 0.4) is 0 Å². The Hall–Kier alpha value is -3.75. The molecule has 8 nitrogen and oxygen atoms in total. The molecule has 46 heavy (non-hydrogen) atoms. The zero-order valence-electron chi connectivity index (χ0n) is 27.6. The summed E-state index contributed by atoms with van der Waals surface area (Å²) in [6.45, 7) is 14.9. The highest BCUT2D eigenvalue weighted by molar-refractivity contribution is 6.07. The van der Waals surface area contributed by atoms with Gasteiger partial charge in [-0.3, -0.25) is 14.4 Å². The lowest BCUT2D eigenvalue weighted by Crippen LogP contribution is -2.56. The molecule has 5 rings (SSSR count). The number of benzene rings is 2. The predicted molar refractivity (Wildman–Crippen MR) is 182 cm³/mol. The fourth-order valence-corrected chi connectivity index (χ4v) is 8.18. The van der Waals surface area contributed by atoms with Crippen LogP contribution in [0.4, 0.5) is 11.4 Å². The van der Waals surface area contributed by atoms with Crippen molar-refractivity contribution in [1.29, 1.82) is 0 Å². The summed E-state index contributed by atoms with van der Waals surface area (Å²) in [5, 5.41) is 9.29. The SMILES string of the molecule is C=CCN(C(=O)[C@H]1[C@H]2C(=O)N(CCCCCCO)C(C(=O)N(CC=C)c3cc(C)ccc3C)C23CC[C@]1(CC)O3)c1ccccc1. The highest BCUT2D eigenvalue weighted by Crippen LogP contribution is 2.65. The summed E-state index contributed by atoms with van der Waals surface area (Å²) >= 11 is 0. The van der Waals surface area contributed by atoms with Gasteiger partial charge in [-0.15, -0.1) is 13.2 Å². The standard InChI is InChI=1S/C38H49N3O5/c1-6-22-39(29-16-12-11-13-17-29)34(43)31-32-35(44)41(24-14-9-10-15-25-42)33(38(32)21-20-37(31,8-3)46-38)36(45)40(23-7-2)30-26-27(4)18-19-28(30)5/h6-7,11-13,16-19,26,31-33,42H,1-2,8-10,14-15,20-25H2,3-5H3/t31-,32+,33?,37+,38?/m1/s1. The molecule has 0 radical (unpaired) electrons. The van der Waals surface area contributed by atoms with Crippen molar-refractivity contribution in [2.45, 2.75) is 83.0 Å². The number of carbonyl (C=O) groups excluding carboxylic acids is 3. The molecule has 0 aliphatic carbocycles. The number of aliphatic hydroxyl groups is 1. The van der Waals surface area contributed by atoms with Gasteiger partial charge < -0.3 is 24.5 Å². The van der Waals surface area contributed by atoms with E-state index in [0.29, 0.717) is 45.2 Å². The number of nitrogens with zero attached hydrogens (tertiary/aromatic N) is 3. The van der Waals surface area contributed by atoms with Gasteiger partial charge in [0.1, 0.15) is 11.6 Å². The number of ether oxygens (including phenoxy) is 1. The molecule has 5 atom stereocenters. The molecule has 0 aromatic heterocycles. The van der Waals surface area contributed by atoms with Gasteiger partial charge in [0, 0.05) is 37.6 Å². The van der Waals surface area contributed by atoms with Gasteiger partial charge in [0.2, 0.25) is 11.8 Å². The van der Waals surface area contributed by atoms with E-state index in [1.165, 1.54) is 0 Å². The number of aryl methyl sites for hydroxylation is 2. The van der Waals surface area contributed by atoms with Crippen molar-refractivity contribution in [1.82, 2.24) is 4.90 Å². The number of aliphatic hydroxyl groups excluding tert-OH is 1. The molecule has 1 N–H and O–H groups in total. The van der Waals surface area contributed by atoms with E-state index in [1.807, 2.05) is 69.3 Å². The number of fused-ring (bicyclic) bond motifs is 1. The molecule has 2 aromatic rings. The molecular formula is C38H49N3O5. The number of carbonyl (C=O) groups is 3. The smallest absolute Gasteiger partial charge is 0.253 e. The first-order chi connectivity index (χ1) is 22.2. The summed E-state index contributed by atoms with van der Waals surface area (Å²) in [5.74, 6) is -2.06. The van der Waals surface area contributed by atoms with E-state index in [-0.39, 0.29) is 30.9 Å². The van der Waals surface area contributed by atoms with E-state index in [4.69, 9.17) is 4.74 Å². The summed E-state index contributed by atoms with van der Waals surface area (Å²) in [6, 6.07) is 14.6. The average Bonchev–Trinajstić information content (AvgIpc) is 3.67. The first kappa shape index (κ1) is 33.6. The fourth-order valence-electron chi connectivity index (χ4n) is 8.18. The van der Waals surface area contributed by atoms with E-state index >= 15 is 4.79 Å². The van der Waals surface area contributed by atoms with Gasteiger partial charge in [-0.25, -0.2) is 0 Å². The van der Waals surface area contributed by atoms with Gasteiger partial charge in [-0.05, 0) is 75.3 Å². The molecule has 2 unspecified atom stereocenters. The van der Waals surface area contributed by atoms with Crippen molar-refractivity contribution < 1.29 is 24.2 Å². The van der Waals surface area contributed by atoms with E-state index in [0.717, 1.165) is 35.3 Å². The van der Waals surface area contributed by atoms with Crippen molar-refractivity contribution >= 4 is 29.1 Å². The van der Waals surface area contributed by atoms with Crippen molar-refractivity contribution in [3.8, 4) is 0 Å². The molecule has 1 spiro atoms. The molecule has 8 heteroatoms. The number of hydrogen-bond acceptors (Lipinski definition) is 5. The Labute approximate surface area is 273 Å². The Morgan fingerprint density at radius 3 is 2.35 bits per heavy atom. The van der Waals surface area contributed by atoms with Gasteiger partial charge in [0.25, 0.3) is 5.91 Å². The highest BCUT2D eigenvalue weighted by atomic mass is 16.5. The molecule has 3 fully saturated rings. The minimum atomic E-state index is -1.12. The number of unbranched alkanes of at least 4 members (excludes halogenated alkanes) is 3. The number of likely N-dealkylation sites (tertiary alicyclic amines) is 1. The van der Waals surface area contributed by atoms with Crippen molar-refractivity contribution in [2.24, 2.45) is 11.8 Å². The van der Waals surface area contributed by atoms with Crippen LogP contribution < -0.4 is 9.80 Å². The lowest BCUT2D eigenvalue weighted by molar-refractivity contribution is -0.146. The second kappa shape index (κ2) is 13.9. The van der Waals surface area contributed by atoms with Gasteiger partial charge in [-0.1, -0.05) is 62.2 Å². The van der Waals surface area contributed by atoms with Crippen LogP contribution in [0.15, 0.2) is 73.8 Å². The number of rotatable bonds is 15. The third-order valence-electron chi connectivity index (χ3n) is 10.4. The molecule has 2 bridgehead atoms. The number of amides is 3. The van der Waals surface area contributed by atoms with Gasteiger partial charge in [0.15, 0.2) is 0 Å². The Morgan fingerprint density at radius 1 is 0.978 bits per heavy atom. The van der Waals surface area contributed by atoms with Crippen molar-refractivity contribution in [3.63, 3.8) is 0 Å². The van der Waals surface area contributed by atoms with E-state index < -0.39 is 29.1 Å². The summed E-state index contributed by atoms with van der Waals surface area (Å²) in [4.78, 5) is 49.7. The van der Waals surface area contributed by atoms with Crippen LogP contribution in [-0.4, -0.2) is 71.2 Å². The zero-order chi connectivity index (χ0) is 33.1. The fraction of sp³-hybridized carbons (Fsp3) is 0.500. The van der Waals surface area contributed by atoms with Crippen LogP contribution in [0.5, 0.6) is 0 Å². The predicted octanol–water partition coefficient (Wildman–Crippen LogP) is 5.75. The summed E-state index contributed by atoms with van der Waals surface area (Å²) in [6.07, 6.45) is 8.13.